The van der Waals surface area contributed by atoms with Gasteiger partial charge in [-0.2, -0.15) is 0 Å². The molecule has 1 atom stereocenters. The molecule has 6 nitrogen and oxygen atoms in total. The normalized spacial score (nSPS) is 16.7. The van der Waals surface area contributed by atoms with Crippen LogP contribution >= 0.6 is 0 Å². The van der Waals surface area contributed by atoms with E-state index in [0.29, 0.717) is 5.56 Å². The second-order valence-corrected chi connectivity index (χ2v) is 5.64. The van der Waals surface area contributed by atoms with Crippen molar-refractivity contribution in [1.82, 2.24) is 5.32 Å². The molecule has 1 aliphatic rings. The number of benzene rings is 1. The molecule has 2 rings (SSSR count). The number of hydrogen-bond acceptors (Lipinski definition) is 4. The van der Waals surface area contributed by atoms with Crippen molar-refractivity contribution in [1.29, 1.82) is 0 Å². The number of carbonyl (C=O) groups excluding carboxylic acids is 1. The van der Waals surface area contributed by atoms with E-state index < -0.39 is 11.0 Å². The summed E-state index contributed by atoms with van der Waals surface area (Å²) < 4.78 is 0. The van der Waals surface area contributed by atoms with Gasteiger partial charge in [-0.05, 0) is 37.3 Å². The summed E-state index contributed by atoms with van der Waals surface area (Å²) in [6.45, 7) is 1.89. The van der Waals surface area contributed by atoms with E-state index in [1.54, 1.807) is 13.0 Å². The predicted octanol–water partition coefficient (Wildman–Crippen LogP) is 2.18. The van der Waals surface area contributed by atoms with E-state index >= 15 is 0 Å². The zero-order valence-electron chi connectivity index (χ0n) is 12.0. The van der Waals surface area contributed by atoms with Crippen molar-refractivity contribution in [2.24, 2.45) is 5.92 Å². The van der Waals surface area contributed by atoms with Gasteiger partial charge in [-0.15, -0.1) is 0 Å². The molecule has 1 aliphatic carbocycles. The molecule has 0 heterocycles. The third-order valence-electron chi connectivity index (χ3n) is 3.95. The van der Waals surface area contributed by atoms with Crippen molar-refractivity contribution in [2.75, 3.05) is 6.54 Å². The zero-order chi connectivity index (χ0) is 15.4. The Morgan fingerprint density at radius 1 is 1.43 bits per heavy atom. The van der Waals surface area contributed by atoms with Gasteiger partial charge < -0.3 is 10.4 Å². The number of nitrogens with one attached hydrogen (secondary N) is 1. The Morgan fingerprint density at radius 3 is 2.71 bits per heavy atom. The van der Waals surface area contributed by atoms with Crippen molar-refractivity contribution < 1.29 is 14.8 Å². The fraction of sp³-hybridized carbons (Fsp3) is 0.533. The Balaban J connectivity index is 1.98. The van der Waals surface area contributed by atoms with Crippen LogP contribution in [0.1, 0.15) is 41.6 Å². The first-order valence-corrected chi connectivity index (χ1v) is 7.19. The number of carbonyl (C=O) groups is 1. The number of amides is 1. The number of nitro benzene ring substituents is 1. The Kier molecular flexibility index (Phi) is 4.90. The molecular weight excluding hydrogens is 272 g/mol. The Morgan fingerprint density at radius 2 is 2.10 bits per heavy atom. The van der Waals surface area contributed by atoms with Crippen molar-refractivity contribution in [3.63, 3.8) is 0 Å². The van der Waals surface area contributed by atoms with E-state index in [0.717, 1.165) is 25.7 Å². The lowest BCUT2D eigenvalue weighted by Crippen LogP contribution is -2.35. The molecule has 1 saturated carbocycles. The van der Waals surface area contributed by atoms with Crippen LogP contribution in [0.25, 0.3) is 0 Å². The van der Waals surface area contributed by atoms with E-state index in [4.69, 9.17) is 0 Å². The van der Waals surface area contributed by atoms with Gasteiger partial charge in [0, 0.05) is 24.2 Å². The molecule has 114 valence electrons. The van der Waals surface area contributed by atoms with Crippen LogP contribution in [0.5, 0.6) is 0 Å². The van der Waals surface area contributed by atoms with E-state index in [-0.39, 0.29) is 29.6 Å². The molecule has 1 unspecified atom stereocenters. The van der Waals surface area contributed by atoms with Gasteiger partial charge in [0.2, 0.25) is 0 Å². The first-order chi connectivity index (χ1) is 9.97. The largest absolute Gasteiger partial charge is 0.391 e. The van der Waals surface area contributed by atoms with Crippen molar-refractivity contribution in [3.05, 3.63) is 39.4 Å². The number of aliphatic hydroxyl groups excluding tert-OH is 1. The average Bonchev–Trinajstić information content (AvgIpc) is 2.97. The van der Waals surface area contributed by atoms with Crippen molar-refractivity contribution in [3.8, 4) is 0 Å². The van der Waals surface area contributed by atoms with Gasteiger partial charge in [0.25, 0.3) is 11.6 Å². The summed E-state index contributed by atoms with van der Waals surface area (Å²) in [6.07, 6.45) is 3.69. The second-order valence-electron chi connectivity index (χ2n) is 5.64. The minimum atomic E-state index is -0.545. The van der Waals surface area contributed by atoms with Gasteiger partial charge in [-0.1, -0.05) is 12.8 Å². The molecule has 2 N–H and O–H groups in total. The fourth-order valence-corrected chi connectivity index (χ4v) is 2.81. The molecule has 0 radical (unpaired) electrons. The van der Waals surface area contributed by atoms with Gasteiger partial charge in [-0.3, -0.25) is 14.9 Å². The molecule has 0 saturated heterocycles. The third-order valence-corrected chi connectivity index (χ3v) is 3.95. The predicted molar refractivity (Wildman–Crippen MR) is 78.1 cm³/mol. The monoisotopic (exact) mass is 292 g/mol. The molecule has 1 aromatic rings. The van der Waals surface area contributed by atoms with E-state index in [1.165, 1.54) is 12.1 Å². The second kappa shape index (κ2) is 6.67. The molecular formula is C15H20N2O4. The minimum Gasteiger partial charge on any atom is -0.391 e. The number of aryl methyl sites for hydroxylation is 1. The van der Waals surface area contributed by atoms with Crippen molar-refractivity contribution >= 4 is 11.6 Å². The van der Waals surface area contributed by atoms with Crippen LogP contribution in [0, 0.1) is 23.0 Å². The number of rotatable bonds is 5. The van der Waals surface area contributed by atoms with Gasteiger partial charge in [-0.25, -0.2) is 0 Å². The molecule has 1 aromatic carbocycles. The summed E-state index contributed by atoms with van der Waals surface area (Å²) in [7, 11) is 0. The third kappa shape index (κ3) is 4.01. The van der Waals surface area contributed by atoms with Crippen LogP contribution in [0.15, 0.2) is 18.2 Å². The van der Waals surface area contributed by atoms with Crippen LogP contribution in [-0.4, -0.2) is 28.6 Å². The number of nitrogens with zero attached hydrogens (tertiary/aromatic N) is 1. The molecule has 0 spiro atoms. The Bertz CT molecular complexity index is 538. The maximum atomic E-state index is 12.0. The van der Waals surface area contributed by atoms with Crippen molar-refractivity contribution in [2.45, 2.75) is 38.7 Å². The average molecular weight is 292 g/mol. The highest BCUT2D eigenvalue weighted by atomic mass is 16.6. The highest BCUT2D eigenvalue weighted by Crippen LogP contribution is 2.27. The number of hydrogen-bond donors (Lipinski definition) is 2. The summed E-state index contributed by atoms with van der Waals surface area (Å²) in [6, 6.07) is 4.28. The number of nitro groups is 1. The molecule has 21 heavy (non-hydrogen) atoms. The van der Waals surface area contributed by atoms with Gasteiger partial charge in [0.05, 0.1) is 11.0 Å². The molecule has 1 fully saturated rings. The summed E-state index contributed by atoms with van der Waals surface area (Å²) in [5.74, 6) is -0.143. The quantitative estimate of drug-likeness (QED) is 0.642. The maximum absolute atomic E-state index is 12.0. The lowest BCUT2D eigenvalue weighted by molar-refractivity contribution is -0.384. The van der Waals surface area contributed by atoms with E-state index in [9.17, 15) is 20.0 Å². The van der Waals surface area contributed by atoms with Gasteiger partial charge in [0.1, 0.15) is 0 Å². The fourth-order valence-electron chi connectivity index (χ4n) is 2.81. The van der Waals surface area contributed by atoms with Crippen LogP contribution in [0.3, 0.4) is 0 Å². The first-order valence-electron chi connectivity index (χ1n) is 7.19. The summed E-state index contributed by atoms with van der Waals surface area (Å²) in [5, 5.41) is 23.5. The molecule has 1 amide bonds. The summed E-state index contributed by atoms with van der Waals surface area (Å²) in [5.41, 5.74) is 0.808. The highest BCUT2D eigenvalue weighted by Gasteiger charge is 2.23. The van der Waals surface area contributed by atoms with E-state index in [1.807, 2.05) is 0 Å². The maximum Gasteiger partial charge on any atom is 0.270 e. The number of non-ortho nitro benzene ring substituents is 1. The first kappa shape index (κ1) is 15.4. The van der Waals surface area contributed by atoms with Crippen LogP contribution in [0.2, 0.25) is 0 Å². The highest BCUT2D eigenvalue weighted by molar-refractivity contribution is 5.95. The Hall–Kier alpha value is -1.95. The molecule has 6 heteroatoms. The Labute approximate surface area is 123 Å². The lowest BCUT2D eigenvalue weighted by Gasteiger charge is -2.18. The SMILES string of the molecule is Cc1cc(C(=O)NCC(O)C2CCCC2)cc([N+](=O)[O-])c1. The van der Waals surface area contributed by atoms with Crippen LogP contribution in [-0.2, 0) is 0 Å². The molecule has 0 bridgehead atoms. The topological polar surface area (TPSA) is 92.5 Å². The number of aliphatic hydroxyl groups is 1. The lowest BCUT2D eigenvalue weighted by atomic mass is 10.0. The molecule has 0 aromatic heterocycles. The molecule has 0 aliphatic heterocycles. The zero-order valence-corrected chi connectivity index (χ0v) is 12.0. The van der Waals surface area contributed by atoms with Crippen LogP contribution in [0.4, 0.5) is 5.69 Å². The van der Waals surface area contributed by atoms with Crippen LogP contribution < -0.4 is 5.32 Å². The standard InChI is InChI=1S/C15H20N2O4/c1-10-6-12(8-13(7-10)17(20)21)15(19)16-9-14(18)11-4-2-3-5-11/h6-8,11,14,18H,2-5,9H2,1H3,(H,16,19). The smallest absolute Gasteiger partial charge is 0.270 e. The summed E-state index contributed by atoms with van der Waals surface area (Å²) in [4.78, 5) is 22.3. The van der Waals surface area contributed by atoms with Gasteiger partial charge >= 0.3 is 0 Å². The summed E-state index contributed by atoms with van der Waals surface area (Å²) >= 11 is 0. The minimum absolute atomic E-state index is 0.100. The van der Waals surface area contributed by atoms with Gasteiger partial charge in [0.15, 0.2) is 0 Å². The van der Waals surface area contributed by atoms with E-state index in [2.05, 4.69) is 5.32 Å².